The number of terminal acetylenes is 5. The molecule has 0 heterocycles. The second-order valence-corrected chi connectivity index (χ2v) is 12.6. The minimum absolute atomic E-state index is 0.0964. The van der Waals surface area contributed by atoms with Crippen molar-refractivity contribution in [3.63, 3.8) is 0 Å². The third kappa shape index (κ3) is 34.1. The maximum absolute atomic E-state index is 11.7. The molecule has 0 aromatic carbocycles. The fourth-order valence-electron chi connectivity index (χ4n) is 5.21. The van der Waals surface area contributed by atoms with E-state index in [-0.39, 0.29) is 66.6 Å². The Kier molecular flexibility index (Phi) is 38.7. The van der Waals surface area contributed by atoms with E-state index in [1.54, 1.807) is 6.08 Å². The van der Waals surface area contributed by atoms with Crippen molar-refractivity contribution in [2.24, 2.45) is 17.8 Å². The van der Waals surface area contributed by atoms with Crippen molar-refractivity contribution < 1.29 is 43.4 Å². The van der Waals surface area contributed by atoms with E-state index in [2.05, 4.69) is 34.3 Å². The number of carbonyl (C=O) groups excluding carboxylic acids is 7. The van der Waals surface area contributed by atoms with Gasteiger partial charge in [0.2, 0.25) is 0 Å². The molecule has 2 atom stereocenters. The number of esters is 1. The molecule has 2 rings (SSSR count). The van der Waals surface area contributed by atoms with Gasteiger partial charge in [0, 0.05) is 64.4 Å². The van der Waals surface area contributed by atoms with Crippen LogP contribution in [0.2, 0.25) is 0 Å². The molecule has 0 amide bonds. The zero-order chi connectivity index (χ0) is 41.4. The number of aliphatic hydroxyl groups excluding tert-OH is 1. The zero-order valence-electron chi connectivity index (χ0n) is 32.4. The number of ketones is 5. The van der Waals surface area contributed by atoms with E-state index < -0.39 is 11.9 Å². The lowest BCUT2D eigenvalue weighted by molar-refractivity contribution is -0.154. The summed E-state index contributed by atoms with van der Waals surface area (Å²) in [4.78, 5) is 76.6. The topological polar surface area (TPSA) is 149 Å². The summed E-state index contributed by atoms with van der Waals surface area (Å²) in [6.45, 7) is 1.80. The van der Waals surface area contributed by atoms with Crippen molar-refractivity contribution >= 4 is 41.2 Å². The molecule has 2 saturated carbocycles. The van der Waals surface area contributed by atoms with Crippen LogP contribution in [0.3, 0.4) is 0 Å². The molecule has 294 valence electrons. The van der Waals surface area contributed by atoms with Gasteiger partial charge < -0.3 is 14.6 Å². The molecule has 0 aromatic rings. The first-order chi connectivity index (χ1) is 25.9. The number of allylic oxidation sites excluding steroid dienone is 2. The molecule has 2 fully saturated rings. The number of hydrogen-bond donors (Lipinski definition) is 1. The van der Waals surface area contributed by atoms with Crippen molar-refractivity contribution in [3.8, 4) is 61.7 Å². The second-order valence-electron chi connectivity index (χ2n) is 12.6. The van der Waals surface area contributed by atoms with E-state index in [1.807, 2.05) is 6.08 Å². The molecule has 0 spiro atoms. The number of carbonyl (C=O) groups is 7. The largest absolute Gasteiger partial charge is 0.468 e. The van der Waals surface area contributed by atoms with Crippen molar-refractivity contribution in [3.05, 3.63) is 12.2 Å². The zero-order valence-corrected chi connectivity index (χ0v) is 32.4. The summed E-state index contributed by atoms with van der Waals surface area (Å²) in [7, 11) is 1.25. The van der Waals surface area contributed by atoms with E-state index in [1.165, 1.54) is 14.0 Å². The Bertz CT molecular complexity index is 1350. The normalized spacial score (nSPS) is 15.9. The van der Waals surface area contributed by atoms with Crippen LogP contribution >= 0.6 is 0 Å². The molecule has 0 bridgehead atoms. The molecule has 2 unspecified atom stereocenters. The summed E-state index contributed by atoms with van der Waals surface area (Å²) in [5.41, 5.74) is 0. The summed E-state index contributed by atoms with van der Waals surface area (Å²) in [6, 6.07) is 0. The number of aliphatic hydroxyl groups is 1. The second kappa shape index (κ2) is 39.2. The monoisotopic (exact) mass is 744 g/mol. The molecule has 2 aliphatic rings. The Morgan fingerprint density at radius 2 is 1.19 bits per heavy atom. The van der Waals surface area contributed by atoms with Gasteiger partial charge in [-0.3, -0.25) is 28.8 Å². The Balaban J connectivity index is -0.000000631. The molecule has 54 heavy (non-hydrogen) atoms. The van der Waals surface area contributed by atoms with Gasteiger partial charge in [-0.15, -0.1) is 61.7 Å². The molecule has 0 aliphatic heterocycles. The molecule has 9 nitrogen and oxygen atoms in total. The predicted molar refractivity (Wildman–Crippen MR) is 212 cm³/mol. The SMILES string of the molecule is C#CCCC/C=C/C(C)=O.C#CCCCC1CC(=O)CC(=O)C1.C#CCCCC1CC(=O)CC(=O)C1C(=O)OC.C#CCCCC=O.C#CCCCCO. The molecule has 1 N–H and O–H groups in total. The van der Waals surface area contributed by atoms with Crippen LogP contribution in [-0.2, 0) is 38.3 Å². The van der Waals surface area contributed by atoms with Crippen LogP contribution in [0.4, 0.5) is 0 Å². The van der Waals surface area contributed by atoms with Crippen LogP contribution in [0.5, 0.6) is 0 Å². The van der Waals surface area contributed by atoms with E-state index in [0.29, 0.717) is 32.1 Å². The molecule has 0 aromatic heterocycles. The lowest BCUT2D eigenvalue weighted by Crippen LogP contribution is -2.39. The molecular formula is C45H60O9. The summed E-state index contributed by atoms with van der Waals surface area (Å²) in [6.07, 6.45) is 42.8. The lowest BCUT2D eigenvalue weighted by atomic mass is 9.75. The molecule has 0 saturated heterocycles. The van der Waals surface area contributed by atoms with Gasteiger partial charge in [0.1, 0.15) is 29.6 Å². The molecule has 2 aliphatic carbocycles. The van der Waals surface area contributed by atoms with Crippen LogP contribution < -0.4 is 0 Å². The Labute approximate surface area is 324 Å². The highest BCUT2D eigenvalue weighted by molar-refractivity contribution is 6.10. The standard InChI is InChI=1S/C13H16O4.C11H14O2.C9H12O.C6H10O.C6H8O/c1-3-4-5-6-9-7-10(14)8-11(15)12(9)13(16)17-2;1-2-3-4-5-9-6-10(12)8-11(13)7-9;1-3-4-5-6-7-8-9(2)10;2*1-2-3-4-5-6-7/h1,9,12H,4-8H2,2H3;1,9H,3-8H2;1,7-8H,4-6H2,2H3;1,7H,3-6H2;1,6H,3-5H2/b;;8-7+;;. The minimum atomic E-state index is -0.782. The van der Waals surface area contributed by atoms with Crippen LogP contribution in [0, 0.1) is 79.5 Å². The molecule has 9 heteroatoms. The summed E-state index contributed by atoms with van der Waals surface area (Å²) in [5, 5.41) is 8.22. The third-order valence-corrected chi connectivity index (χ3v) is 7.81. The number of rotatable bonds is 17. The Hall–Kier alpha value is -5.01. The number of aldehydes is 1. The Morgan fingerprint density at radius 3 is 1.67 bits per heavy atom. The van der Waals surface area contributed by atoms with Gasteiger partial charge in [-0.2, -0.15) is 0 Å². The van der Waals surface area contributed by atoms with Gasteiger partial charge in [0.25, 0.3) is 0 Å². The third-order valence-electron chi connectivity index (χ3n) is 7.81. The summed E-state index contributed by atoms with van der Waals surface area (Å²) >= 11 is 0. The van der Waals surface area contributed by atoms with E-state index in [4.69, 9.17) is 37.2 Å². The molecular weight excluding hydrogens is 684 g/mol. The van der Waals surface area contributed by atoms with Crippen molar-refractivity contribution in [2.45, 2.75) is 135 Å². The average molecular weight is 745 g/mol. The van der Waals surface area contributed by atoms with Gasteiger partial charge in [0.05, 0.1) is 20.0 Å². The Morgan fingerprint density at radius 1 is 0.704 bits per heavy atom. The van der Waals surface area contributed by atoms with Crippen molar-refractivity contribution in [1.82, 2.24) is 0 Å². The van der Waals surface area contributed by atoms with Crippen molar-refractivity contribution in [1.29, 1.82) is 0 Å². The van der Waals surface area contributed by atoms with Crippen molar-refractivity contribution in [2.75, 3.05) is 13.7 Å². The van der Waals surface area contributed by atoms with Gasteiger partial charge in [0.15, 0.2) is 11.6 Å². The first-order valence-corrected chi connectivity index (χ1v) is 18.5. The number of Topliss-reactive ketones (excluding diaryl/α,β-unsaturated/α-hetero) is 4. The summed E-state index contributed by atoms with van der Waals surface area (Å²) < 4.78 is 4.62. The van der Waals surface area contributed by atoms with E-state index in [0.717, 1.165) is 83.3 Å². The van der Waals surface area contributed by atoms with Crippen LogP contribution in [0.15, 0.2) is 12.2 Å². The number of methoxy groups -OCH3 is 1. The molecule has 0 radical (unpaired) electrons. The first kappa shape index (κ1) is 53.3. The maximum atomic E-state index is 11.7. The average Bonchev–Trinajstić information content (AvgIpc) is 3.12. The number of unbranched alkanes of at least 4 members (excludes halogenated alkanes) is 8. The van der Waals surface area contributed by atoms with Gasteiger partial charge in [-0.05, 0) is 82.6 Å². The maximum Gasteiger partial charge on any atom is 0.316 e. The fraction of sp³-hybridized carbons (Fsp3) is 0.578. The quantitative estimate of drug-likeness (QED) is 0.0437. The van der Waals surface area contributed by atoms with Gasteiger partial charge >= 0.3 is 5.97 Å². The predicted octanol–water partition coefficient (Wildman–Crippen LogP) is 6.56. The van der Waals surface area contributed by atoms with E-state index >= 15 is 0 Å². The smallest absolute Gasteiger partial charge is 0.316 e. The lowest BCUT2D eigenvalue weighted by Gasteiger charge is -2.27. The highest BCUT2D eigenvalue weighted by atomic mass is 16.5. The highest BCUT2D eigenvalue weighted by Crippen LogP contribution is 2.30. The number of ether oxygens (including phenoxy) is 1. The number of hydrogen-bond acceptors (Lipinski definition) is 9. The van der Waals surface area contributed by atoms with Crippen LogP contribution in [0.25, 0.3) is 0 Å². The highest BCUT2D eigenvalue weighted by Gasteiger charge is 2.40. The fourth-order valence-corrected chi connectivity index (χ4v) is 5.21. The van der Waals surface area contributed by atoms with Crippen LogP contribution in [-0.4, -0.2) is 60.0 Å². The van der Waals surface area contributed by atoms with E-state index in [9.17, 15) is 33.6 Å². The first-order valence-electron chi connectivity index (χ1n) is 18.5. The minimum Gasteiger partial charge on any atom is -0.468 e. The van der Waals surface area contributed by atoms with Crippen LogP contribution in [0.1, 0.15) is 135 Å². The van der Waals surface area contributed by atoms with Gasteiger partial charge in [-0.1, -0.05) is 6.08 Å². The summed E-state index contributed by atoms with van der Waals surface area (Å²) in [5.74, 6) is 11.1. The van der Waals surface area contributed by atoms with Gasteiger partial charge in [-0.25, -0.2) is 0 Å².